The van der Waals surface area contributed by atoms with E-state index in [1.54, 1.807) is 0 Å². The van der Waals surface area contributed by atoms with Gasteiger partial charge >= 0.3 is 10.3 Å². The molecular weight excluding hydrogens is 404 g/mol. The van der Waals surface area contributed by atoms with E-state index in [0.717, 1.165) is 11.3 Å². The molecule has 1 aromatic rings. The first-order valence-electron chi connectivity index (χ1n) is 7.24. The Morgan fingerprint density at radius 2 is 2.19 bits per heavy atom. The molecule has 0 spiro atoms. The summed E-state index contributed by atoms with van der Waals surface area (Å²) in [4.78, 5) is 44.1. The summed E-state index contributed by atoms with van der Waals surface area (Å²) in [6.07, 6.45) is 0. The van der Waals surface area contributed by atoms with Gasteiger partial charge in [0.2, 0.25) is 5.91 Å². The quantitative estimate of drug-likeness (QED) is 0.162. The van der Waals surface area contributed by atoms with E-state index in [4.69, 9.17) is 10.3 Å². The zero-order valence-electron chi connectivity index (χ0n) is 14.1. The number of carbonyl (C=O) groups is 3. The molecule has 1 aliphatic rings. The standard InChI is InChI=1S/C12H16N6O7S2/c1-5(19)14-3-7-9(11(21)18(7)27(22,23)24)16-10(20)8(17-25-2)6-4-26-12(13)15-6/h4,7,9H,3H2,1-2H3,(H2,13,15)(H,14,19)(H,16,20)(H,22,23,24)/b17-8-. The molecule has 0 bridgehead atoms. The first kappa shape index (κ1) is 20.5. The molecule has 2 unspecified atom stereocenters. The van der Waals surface area contributed by atoms with Crippen LogP contribution in [0.15, 0.2) is 10.5 Å². The van der Waals surface area contributed by atoms with Gasteiger partial charge in [-0.3, -0.25) is 18.9 Å². The molecule has 1 saturated heterocycles. The van der Waals surface area contributed by atoms with E-state index in [0.29, 0.717) is 0 Å². The van der Waals surface area contributed by atoms with Crippen LogP contribution in [0.5, 0.6) is 0 Å². The van der Waals surface area contributed by atoms with Crippen molar-refractivity contribution in [3.05, 3.63) is 11.1 Å². The van der Waals surface area contributed by atoms with Crippen molar-refractivity contribution >= 4 is 50.2 Å². The molecule has 27 heavy (non-hydrogen) atoms. The molecule has 0 aromatic carbocycles. The van der Waals surface area contributed by atoms with Crippen molar-refractivity contribution in [2.45, 2.75) is 19.0 Å². The van der Waals surface area contributed by atoms with E-state index < -0.39 is 40.1 Å². The van der Waals surface area contributed by atoms with Crippen molar-refractivity contribution in [3.8, 4) is 0 Å². The Bertz CT molecular complexity index is 896. The second-order valence-corrected chi connectivity index (χ2v) is 7.44. The number of thiazole rings is 1. The molecule has 1 aromatic heterocycles. The number of nitrogens with zero attached hydrogens (tertiary/aromatic N) is 3. The van der Waals surface area contributed by atoms with Crippen LogP contribution >= 0.6 is 11.3 Å². The highest BCUT2D eigenvalue weighted by molar-refractivity contribution is 7.84. The number of hydrogen-bond donors (Lipinski definition) is 4. The van der Waals surface area contributed by atoms with Crippen molar-refractivity contribution in [2.24, 2.45) is 5.16 Å². The van der Waals surface area contributed by atoms with E-state index in [1.165, 1.54) is 19.4 Å². The number of oxime groups is 1. The molecular formula is C12H16N6O7S2. The number of nitrogen functional groups attached to an aromatic ring is 1. The predicted molar refractivity (Wildman–Crippen MR) is 92.9 cm³/mol. The number of hydrogen-bond acceptors (Lipinski definition) is 10. The Balaban J connectivity index is 2.22. The van der Waals surface area contributed by atoms with E-state index in [9.17, 15) is 22.8 Å². The second-order valence-electron chi connectivity index (χ2n) is 5.26. The highest BCUT2D eigenvalue weighted by Gasteiger charge is 2.54. The first-order valence-corrected chi connectivity index (χ1v) is 9.52. The van der Waals surface area contributed by atoms with Gasteiger partial charge in [0.25, 0.3) is 11.8 Å². The van der Waals surface area contributed by atoms with Crippen LogP contribution in [-0.4, -0.2) is 71.4 Å². The summed E-state index contributed by atoms with van der Waals surface area (Å²) in [6, 6.07) is -2.55. The van der Waals surface area contributed by atoms with E-state index in [2.05, 4.69) is 25.6 Å². The average molecular weight is 420 g/mol. The summed E-state index contributed by atoms with van der Waals surface area (Å²) in [5.74, 6) is -2.45. The lowest BCUT2D eigenvalue weighted by Gasteiger charge is -2.44. The normalized spacial score (nSPS) is 20.0. The Kier molecular flexibility index (Phi) is 5.97. The van der Waals surface area contributed by atoms with Gasteiger partial charge in [0.05, 0.1) is 6.04 Å². The number of nitrogens with one attached hydrogen (secondary N) is 2. The average Bonchev–Trinajstić information content (AvgIpc) is 2.98. The molecule has 15 heteroatoms. The van der Waals surface area contributed by atoms with Gasteiger partial charge in [-0.05, 0) is 0 Å². The van der Waals surface area contributed by atoms with Gasteiger partial charge in [0, 0.05) is 18.8 Å². The maximum absolute atomic E-state index is 12.5. The van der Waals surface area contributed by atoms with Crippen LogP contribution in [0.4, 0.5) is 5.13 Å². The van der Waals surface area contributed by atoms with Crippen molar-refractivity contribution < 1.29 is 32.2 Å². The Labute approximate surface area is 157 Å². The number of rotatable bonds is 7. The lowest BCUT2D eigenvalue weighted by atomic mass is 9.98. The van der Waals surface area contributed by atoms with Crippen LogP contribution in [0.25, 0.3) is 0 Å². The summed E-state index contributed by atoms with van der Waals surface area (Å²) in [5.41, 5.74) is 5.32. The smallest absolute Gasteiger partial charge is 0.362 e. The molecule has 2 atom stereocenters. The fourth-order valence-corrected chi connectivity index (χ4v) is 3.74. The van der Waals surface area contributed by atoms with Crippen LogP contribution in [0.2, 0.25) is 0 Å². The summed E-state index contributed by atoms with van der Waals surface area (Å²) < 4.78 is 32.0. The van der Waals surface area contributed by atoms with Gasteiger partial charge in [-0.15, -0.1) is 11.3 Å². The lowest BCUT2D eigenvalue weighted by molar-refractivity contribution is -0.145. The maximum Gasteiger partial charge on any atom is 0.362 e. The molecule has 3 amide bonds. The molecule has 5 N–H and O–H groups in total. The van der Waals surface area contributed by atoms with E-state index in [1.807, 2.05) is 0 Å². The van der Waals surface area contributed by atoms with Gasteiger partial charge in [-0.2, -0.15) is 8.42 Å². The topological polar surface area (TPSA) is 193 Å². The van der Waals surface area contributed by atoms with Gasteiger partial charge in [0.15, 0.2) is 10.8 Å². The first-order chi connectivity index (χ1) is 12.6. The summed E-state index contributed by atoms with van der Waals surface area (Å²) in [6.45, 7) is 0.869. The van der Waals surface area contributed by atoms with Crippen LogP contribution in [0.3, 0.4) is 0 Å². The number of amides is 3. The third-order valence-electron chi connectivity index (χ3n) is 3.43. The molecule has 1 aliphatic heterocycles. The molecule has 1 fully saturated rings. The minimum atomic E-state index is -4.86. The Hall–Kier alpha value is -2.78. The molecule has 0 aliphatic carbocycles. The van der Waals surface area contributed by atoms with Gasteiger partial charge in [-0.25, -0.2) is 9.29 Å². The van der Waals surface area contributed by atoms with Crippen molar-refractivity contribution in [2.75, 3.05) is 19.4 Å². The zero-order valence-corrected chi connectivity index (χ0v) is 15.7. The largest absolute Gasteiger partial charge is 0.398 e. The molecule has 148 valence electrons. The fraction of sp³-hybridized carbons (Fsp3) is 0.417. The van der Waals surface area contributed by atoms with Crippen LogP contribution in [0, 0.1) is 0 Å². The van der Waals surface area contributed by atoms with Crippen LogP contribution < -0.4 is 16.4 Å². The van der Waals surface area contributed by atoms with Crippen LogP contribution in [-0.2, 0) is 29.5 Å². The minimum absolute atomic E-state index is 0.0914. The molecule has 0 radical (unpaired) electrons. The predicted octanol–water partition coefficient (Wildman–Crippen LogP) is -2.29. The number of anilines is 1. The molecule has 13 nitrogen and oxygen atoms in total. The van der Waals surface area contributed by atoms with E-state index in [-0.39, 0.29) is 27.4 Å². The van der Waals surface area contributed by atoms with Crippen molar-refractivity contribution in [3.63, 3.8) is 0 Å². The van der Waals surface area contributed by atoms with Crippen LogP contribution in [0.1, 0.15) is 12.6 Å². The summed E-state index contributed by atoms with van der Waals surface area (Å²) in [7, 11) is -3.67. The highest BCUT2D eigenvalue weighted by atomic mass is 32.2. The maximum atomic E-state index is 12.5. The number of aromatic nitrogens is 1. The number of nitrogens with two attached hydrogens (primary N) is 1. The Morgan fingerprint density at radius 3 is 2.67 bits per heavy atom. The molecule has 2 rings (SSSR count). The fourth-order valence-electron chi connectivity index (χ4n) is 2.31. The van der Waals surface area contributed by atoms with Gasteiger partial charge < -0.3 is 21.2 Å². The highest BCUT2D eigenvalue weighted by Crippen LogP contribution is 2.23. The second kappa shape index (κ2) is 7.85. The molecule has 0 saturated carbocycles. The Morgan fingerprint density at radius 1 is 1.52 bits per heavy atom. The van der Waals surface area contributed by atoms with E-state index >= 15 is 0 Å². The minimum Gasteiger partial charge on any atom is -0.398 e. The monoisotopic (exact) mass is 420 g/mol. The number of carbonyl (C=O) groups excluding carboxylic acids is 3. The lowest BCUT2D eigenvalue weighted by Crippen LogP contribution is -2.74. The zero-order chi connectivity index (χ0) is 20.4. The van der Waals surface area contributed by atoms with Crippen molar-refractivity contribution in [1.82, 2.24) is 19.9 Å². The number of β-lactam (4-membered cyclic amide) rings is 1. The SMILES string of the molecule is CO/N=C(\C(=O)NC1C(=O)N(S(=O)(=O)O)C1CNC(C)=O)c1csc(N)n1. The van der Waals surface area contributed by atoms with Gasteiger partial charge in [0.1, 0.15) is 18.8 Å². The van der Waals surface area contributed by atoms with Gasteiger partial charge in [-0.1, -0.05) is 5.16 Å². The third kappa shape index (κ3) is 4.50. The summed E-state index contributed by atoms with van der Waals surface area (Å²) in [5, 5.41) is 9.76. The van der Waals surface area contributed by atoms with Crippen molar-refractivity contribution in [1.29, 1.82) is 0 Å². The molecule has 2 heterocycles. The summed E-state index contributed by atoms with van der Waals surface area (Å²) >= 11 is 1.05. The third-order valence-corrected chi connectivity index (χ3v) is 5.05.